The summed E-state index contributed by atoms with van der Waals surface area (Å²) in [5.41, 5.74) is 1.06. The Hall–Kier alpha value is -0.860. The van der Waals surface area contributed by atoms with Crippen molar-refractivity contribution in [3.8, 4) is 0 Å². The molecule has 1 aliphatic carbocycles. The summed E-state index contributed by atoms with van der Waals surface area (Å²) in [6.07, 6.45) is 0.739. The van der Waals surface area contributed by atoms with E-state index in [1.165, 1.54) is 0 Å². The average Bonchev–Trinajstić information content (AvgIpc) is 2.13. The van der Waals surface area contributed by atoms with Crippen LogP contribution >= 0.6 is 0 Å². The molecule has 2 atom stereocenters. The van der Waals surface area contributed by atoms with Crippen molar-refractivity contribution in [1.82, 2.24) is 0 Å². The SMILES string of the molecule is C[C@]1(O)CCc2ccccc2[C@H]1O. The van der Waals surface area contributed by atoms with Crippen LogP contribution in [0.15, 0.2) is 24.3 Å². The van der Waals surface area contributed by atoms with Crippen molar-refractivity contribution >= 4 is 0 Å². The molecular weight excluding hydrogens is 164 g/mol. The van der Waals surface area contributed by atoms with Gasteiger partial charge in [-0.2, -0.15) is 0 Å². The van der Waals surface area contributed by atoms with E-state index in [9.17, 15) is 10.2 Å². The smallest absolute Gasteiger partial charge is 0.108 e. The molecule has 0 saturated heterocycles. The van der Waals surface area contributed by atoms with Crippen LogP contribution < -0.4 is 0 Å². The van der Waals surface area contributed by atoms with Crippen molar-refractivity contribution in [2.45, 2.75) is 31.5 Å². The topological polar surface area (TPSA) is 40.5 Å². The lowest BCUT2D eigenvalue weighted by molar-refractivity contribution is -0.0752. The van der Waals surface area contributed by atoms with Gasteiger partial charge in [0.2, 0.25) is 0 Å². The van der Waals surface area contributed by atoms with E-state index in [0.717, 1.165) is 17.5 Å². The lowest BCUT2D eigenvalue weighted by atomic mass is 9.79. The fourth-order valence-corrected chi connectivity index (χ4v) is 1.89. The minimum atomic E-state index is -0.964. The van der Waals surface area contributed by atoms with Crippen molar-refractivity contribution in [2.75, 3.05) is 0 Å². The van der Waals surface area contributed by atoms with Crippen LogP contribution in [0.3, 0.4) is 0 Å². The third-order valence-electron chi connectivity index (χ3n) is 2.84. The van der Waals surface area contributed by atoms with Crippen molar-refractivity contribution in [3.63, 3.8) is 0 Å². The zero-order chi connectivity index (χ0) is 9.47. The standard InChI is InChI=1S/C11H14O2/c1-11(13)7-6-8-4-2-3-5-9(8)10(11)12/h2-5,10,12-13H,6-7H2,1H3/t10-,11+/m1/s1. The Morgan fingerprint density at radius 2 is 2.08 bits per heavy atom. The number of rotatable bonds is 0. The predicted octanol–water partition coefficient (Wildman–Crippen LogP) is 1.42. The Morgan fingerprint density at radius 1 is 1.38 bits per heavy atom. The maximum atomic E-state index is 9.84. The van der Waals surface area contributed by atoms with Crippen molar-refractivity contribution in [3.05, 3.63) is 35.4 Å². The largest absolute Gasteiger partial charge is 0.387 e. The van der Waals surface area contributed by atoms with E-state index in [2.05, 4.69) is 0 Å². The van der Waals surface area contributed by atoms with Crippen LogP contribution in [-0.2, 0) is 6.42 Å². The molecule has 0 amide bonds. The summed E-state index contributed by atoms with van der Waals surface area (Å²) in [7, 11) is 0. The van der Waals surface area contributed by atoms with Crippen molar-refractivity contribution < 1.29 is 10.2 Å². The van der Waals surface area contributed by atoms with E-state index in [1.54, 1.807) is 6.92 Å². The Balaban J connectivity index is 2.45. The lowest BCUT2D eigenvalue weighted by Gasteiger charge is -2.35. The summed E-state index contributed by atoms with van der Waals surface area (Å²) in [5.74, 6) is 0. The highest BCUT2D eigenvalue weighted by Gasteiger charge is 2.36. The van der Waals surface area contributed by atoms with Gasteiger partial charge in [0.15, 0.2) is 0 Å². The highest BCUT2D eigenvalue weighted by Crippen LogP contribution is 2.36. The zero-order valence-electron chi connectivity index (χ0n) is 7.70. The number of fused-ring (bicyclic) bond motifs is 1. The summed E-state index contributed by atoms with van der Waals surface area (Å²) in [6, 6.07) is 7.75. The van der Waals surface area contributed by atoms with Crippen LogP contribution in [0.25, 0.3) is 0 Å². The maximum Gasteiger partial charge on any atom is 0.108 e. The summed E-state index contributed by atoms with van der Waals surface area (Å²) < 4.78 is 0. The van der Waals surface area contributed by atoms with Crippen molar-refractivity contribution in [2.24, 2.45) is 0 Å². The number of aliphatic hydroxyl groups excluding tert-OH is 1. The molecule has 70 valence electrons. The summed E-state index contributed by atoms with van der Waals surface area (Å²) in [6.45, 7) is 1.69. The first-order valence-electron chi connectivity index (χ1n) is 4.59. The van der Waals surface area contributed by atoms with Gasteiger partial charge in [-0.25, -0.2) is 0 Å². The molecule has 0 fully saturated rings. The first kappa shape index (κ1) is 8.73. The Bertz CT molecular complexity index is 318. The molecule has 1 aliphatic rings. The number of aryl methyl sites for hydroxylation is 1. The summed E-state index contributed by atoms with van der Waals surface area (Å²) in [4.78, 5) is 0. The van der Waals surface area contributed by atoms with E-state index in [0.29, 0.717) is 6.42 Å². The van der Waals surface area contributed by atoms with Crippen LogP contribution in [0.2, 0.25) is 0 Å². The molecule has 0 spiro atoms. The average molecular weight is 178 g/mol. The van der Waals surface area contributed by atoms with Crippen LogP contribution in [0.5, 0.6) is 0 Å². The molecule has 0 unspecified atom stereocenters. The van der Waals surface area contributed by atoms with Gasteiger partial charge in [0.1, 0.15) is 6.10 Å². The molecule has 0 saturated carbocycles. The molecule has 13 heavy (non-hydrogen) atoms. The first-order valence-corrected chi connectivity index (χ1v) is 4.59. The Labute approximate surface area is 77.8 Å². The second kappa shape index (κ2) is 2.82. The van der Waals surface area contributed by atoms with Gasteiger partial charge < -0.3 is 10.2 Å². The van der Waals surface area contributed by atoms with E-state index in [1.807, 2.05) is 24.3 Å². The van der Waals surface area contributed by atoms with Crippen LogP contribution in [-0.4, -0.2) is 15.8 Å². The van der Waals surface area contributed by atoms with E-state index in [4.69, 9.17) is 0 Å². The van der Waals surface area contributed by atoms with Crippen LogP contribution in [0.1, 0.15) is 30.6 Å². The second-order valence-electron chi connectivity index (χ2n) is 3.96. The number of benzene rings is 1. The molecule has 1 aromatic carbocycles. The molecule has 2 heteroatoms. The van der Waals surface area contributed by atoms with E-state index < -0.39 is 11.7 Å². The van der Waals surface area contributed by atoms with Gasteiger partial charge in [-0.15, -0.1) is 0 Å². The number of hydrogen-bond donors (Lipinski definition) is 2. The van der Waals surface area contributed by atoms with Gasteiger partial charge >= 0.3 is 0 Å². The highest BCUT2D eigenvalue weighted by molar-refractivity contribution is 5.33. The molecule has 0 heterocycles. The van der Waals surface area contributed by atoms with Crippen LogP contribution in [0, 0.1) is 0 Å². The second-order valence-corrected chi connectivity index (χ2v) is 3.96. The molecule has 2 rings (SSSR count). The van der Waals surface area contributed by atoms with Gasteiger partial charge in [0, 0.05) is 0 Å². The fraction of sp³-hybridized carbons (Fsp3) is 0.455. The zero-order valence-corrected chi connectivity index (χ0v) is 7.70. The van der Waals surface area contributed by atoms with Gasteiger partial charge in [-0.3, -0.25) is 0 Å². The molecule has 2 N–H and O–H groups in total. The Morgan fingerprint density at radius 3 is 2.85 bits per heavy atom. The summed E-state index contributed by atoms with van der Waals surface area (Å²) >= 11 is 0. The third-order valence-corrected chi connectivity index (χ3v) is 2.84. The molecule has 0 bridgehead atoms. The van der Waals surface area contributed by atoms with Crippen molar-refractivity contribution in [1.29, 1.82) is 0 Å². The first-order chi connectivity index (χ1) is 6.11. The maximum absolute atomic E-state index is 9.84. The summed E-state index contributed by atoms with van der Waals surface area (Å²) in [5, 5.41) is 19.7. The molecule has 0 radical (unpaired) electrons. The normalized spacial score (nSPS) is 32.7. The fourth-order valence-electron chi connectivity index (χ4n) is 1.89. The third kappa shape index (κ3) is 1.36. The van der Waals surface area contributed by atoms with Gasteiger partial charge in [0.05, 0.1) is 5.60 Å². The molecular formula is C11H14O2. The number of hydrogen-bond acceptors (Lipinski definition) is 2. The minimum Gasteiger partial charge on any atom is -0.387 e. The van der Waals surface area contributed by atoms with Gasteiger partial charge in [-0.1, -0.05) is 24.3 Å². The molecule has 0 aromatic heterocycles. The molecule has 1 aromatic rings. The quantitative estimate of drug-likeness (QED) is 0.630. The predicted molar refractivity (Wildman–Crippen MR) is 50.3 cm³/mol. The monoisotopic (exact) mass is 178 g/mol. The van der Waals surface area contributed by atoms with E-state index in [-0.39, 0.29) is 0 Å². The van der Waals surface area contributed by atoms with Gasteiger partial charge in [0.25, 0.3) is 0 Å². The van der Waals surface area contributed by atoms with Gasteiger partial charge in [-0.05, 0) is 30.9 Å². The minimum absolute atomic E-state index is 0.630. The van der Waals surface area contributed by atoms with E-state index >= 15 is 0 Å². The Kier molecular flexibility index (Phi) is 1.90. The molecule has 0 aliphatic heterocycles. The van der Waals surface area contributed by atoms with Crippen LogP contribution in [0.4, 0.5) is 0 Å². The number of aliphatic hydroxyl groups is 2. The highest BCUT2D eigenvalue weighted by atomic mass is 16.3. The molecule has 2 nitrogen and oxygen atoms in total. The lowest BCUT2D eigenvalue weighted by Crippen LogP contribution is -2.37.